The van der Waals surface area contributed by atoms with Crippen LogP contribution in [0.3, 0.4) is 0 Å². The first-order valence-electron chi connectivity index (χ1n) is 17.3. The molecule has 12 nitrogen and oxygen atoms in total. The van der Waals surface area contributed by atoms with Crippen molar-refractivity contribution >= 4 is 35.0 Å². The lowest BCUT2D eigenvalue weighted by molar-refractivity contribution is -0.136. The van der Waals surface area contributed by atoms with E-state index < -0.39 is 12.1 Å². The third-order valence-corrected chi connectivity index (χ3v) is 9.86. The minimum absolute atomic E-state index is 0.0477. The summed E-state index contributed by atoms with van der Waals surface area (Å²) in [4.78, 5) is 60.2. The molecule has 0 aliphatic carbocycles. The van der Waals surface area contributed by atoms with Crippen molar-refractivity contribution in [2.24, 2.45) is 14.1 Å². The number of hydrogen-bond acceptors (Lipinski definition) is 6. The van der Waals surface area contributed by atoms with Gasteiger partial charge < -0.3 is 34.0 Å². The van der Waals surface area contributed by atoms with E-state index in [9.17, 15) is 19.2 Å². The zero-order valence-corrected chi connectivity index (χ0v) is 28.7. The topological polar surface area (TPSA) is 135 Å². The quantitative estimate of drug-likeness (QED) is 0.212. The Balaban J connectivity index is 0.930. The van der Waals surface area contributed by atoms with Crippen molar-refractivity contribution in [1.29, 1.82) is 0 Å². The lowest BCUT2D eigenvalue weighted by Crippen LogP contribution is -2.44. The summed E-state index contributed by atoms with van der Waals surface area (Å²) in [7, 11) is 3.81. The van der Waals surface area contributed by atoms with Crippen molar-refractivity contribution in [2.45, 2.75) is 50.6 Å². The van der Waals surface area contributed by atoms with Gasteiger partial charge in [-0.1, -0.05) is 0 Å². The second-order valence-electron chi connectivity index (χ2n) is 13.2. The molecule has 0 radical (unpaired) electrons. The van der Waals surface area contributed by atoms with Crippen molar-refractivity contribution in [2.75, 3.05) is 23.7 Å². The van der Waals surface area contributed by atoms with Gasteiger partial charge in [0.05, 0.1) is 19.0 Å². The highest BCUT2D eigenvalue weighted by atomic mass is 16.4. The molecule has 2 N–H and O–H groups in total. The summed E-state index contributed by atoms with van der Waals surface area (Å²) >= 11 is 0. The van der Waals surface area contributed by atoms with E-state index in [-0.39, 0.29) is 36.5 Å². The number of nitrogens with one attached hydrogen (secondary N) is 2. The Morgan fingerprint density at radius 2 is 1.16 bits per heavy atom. The van der Waals surface area contributed by atoms with E-state index in [2.05, 4.69) is 15.6 Å². The third kappa shape index (κ3) is 7.35. The van der Waals surface area contributed by atoms with Crippen molar-refractivity contribution in [1.82, 2.24) is 23.9 Å². The van der Waals surface area contributed by atoms with Gasteiger partial charge in [-0.3, -0.25) is 19.2 Å². The van der Waals surface area contributed by atoms with E-state index in [4.69, 9.17) is 4.42 Å². The molecule has 2 fully saturated rings. The zero-order chi connectivity index (χ0) is 35.5. The number of anilines is 2. The van der Waals surface area contributed by atoms with E-state index in [1.165, 1.54) is 0 Å². The fourth-order valence-corrected chi connectivity index (χ4v) is 6.95. The summed E-state index contributed by atoms with van der Waals surface area (Å²) in [6.45, 7) is 1.14. The summed E-state index contributed by atoms with van der Waals surface area (Å²) in [6.07, 6.45) is 8.83. The fraction of sp³-hybridized carbons (Fsp3) is 0.308. The van der Waals surface area contributed by atoms with Crippen molar-refractivity contribution in [3.8, 4) is 22.8 Å². The molecule has 51 heavy (non-hydrogen) atoms. The number of aromatic nitrogens is 3. The molecule has 2 saturated heterocycles. The maximum absolute atomic E-state index is 13.2. The molecule has 2 atom stereocenters. The van der Waals surface area contributed by atoms with Crippen LogP contribution < -0.4 is 10.6 Å². The highest BCUT2D eigenvalue weighted by molar-refractivity contribution is 5.98. The standard InChI is InChI=1S/C39H41N7O5/c1-43-19-3-7-30(43)23-35(47)45-21-5-9-32(45)37(49)41-28-15-11-26(12-16-28)34-25-40-39(51-34)27-13-17-29(18-14-27)42-38(50)33-10-6-22-46(33)36(48)24-31-8-4-20-44(31)2/h3-4,7-8,11-20,25,32-33H,5-6,9-10,21-24H2,1-2H3,(H,41,49)(H,42,50). The summed E-state index contributed by atoms with van der Waals surface area (Å²) in [5.41, 5.74) is 4.61. The van der Waals surface area contributed by atoms with Crippen molar-refractivity contribution in [3.63, 3.8) is 0 Å². The second kappa shape index (κ2) is 14.5. The average molecular weight is 688 g/mol. The first-order chi connectivity index (χ1) is 24.7. The molecule has 5 heterocycles. The van der Waals surface area contributed by atoms with Crippen LogP contribution in [0.4, 0.5) is 11.4 Å². The fourth-order valence-electron chi connectivity index (χ4n) is 6.95. The maximum Gasteiger partial charge on any atom is 0.247 e. The number of aryl methyl sites for hydroxylation is 2. The van der Waals surface area contributed by atoms with Gasteiger partial charge in [0.2, 0.25) is 29.5 Å². The minimum Gasteiger partial charge on any atom is -0.436 e. The number of amides is 4. The number of carbonyl (C=O) groups is 4. The Bertz CT molecular complexity index is 1900. The molecule has 0 saturated carbocycles. The number of benzene rings is 2. The highest BCUT2D eigenvalue weighted by Gasteiger charge is 2.35. The first-order valence-corrected chi connectivity index (χ1v) is 17.3. The van der Waals surface area contributed by atoms with Crippen LogP contribution in [-0.2, 0) is 46.1 Å². The lowest BCUT2D eigenvalue weighted by atomic mass is 10.1. The Labute approximate surface area is 296 Å². The van der Waals surface area contributed by atoms with E-state index in [1.54, 1.807) is 40.3 Å². The summed E-state index contributed by atoms with van der Waals surface area (Å²) in [6, 6.07) is 21.2. The largest absolute Gasteiger partial charge is 0.436 e. The number of rotatable bonds is 10. The van der Waals surface area contributed by atoms with Gasteiger partial charge in [-0.2, -0.15) is 0 Å². The zero-order valence-electron chi connectivity index (χ0n) is 28.7. The predicted molar refractivity (Wildman–Crippen MR) is 192 cm³/mol. The third-order valence-electron chi connectivity index (χ3n) is 9.86. The molecule has 0 bridgehead atoms. The van der Waals surface area contributed by atoms with Crippen molar-refractivity contribution < 1.29 is 23.6 Å². The Kier molecular flexibility index (Phi) is 9.56. The van der Waals surface area contributed by atoms with Gasteiger partial charge >= 0.3 is 0 Å². The van der Waals surface area contributed by atoms with Crippen molar-refractivity contribution in [3.05, 3.63) is 103 Å². The lowest BCUT2D eigenvalue weighted by Gasteiger charge is -2.24. The SMILES string of the molecule is Cn1cccc1CC(=O)N1CCCC1C(=O)Nc1ccc(-c2cnc(-c3ccc(NC(=O)C4CCCN4C(=O)Cc4cccn4C)cc3)o2)cc1. The van der Waals surface area contributed by atoms with Gasteiger partial charge in [0, 0.05) is 73.5 Å². The molecular formula is C39H41N7O5. The Hall–Kier alpha value is -5.91. The predicted octanol–water partition coefficient (Wildman–Crippen LogP) is 5.03. The molecule has 2 aromatic carbocycles. The summed E-state index contributed by atoms with van der Waals surface area (Å²) in [5, 5.41) is 5.93. The normalized spacial score (nSPS) is 17.1. The highest BCUT2D eigenvalue weighted by Crippen LogP contribution is 2.29. The molecule has 4 amide bonds. The van der Waals surface area contributed by atoms with E-state index in [1.807, 2.05) is 84.2 Å². The molecule has 7 rings (SSSR count). The van der Waals surface area contributed by atoms with E-state index in [0.717, 1.165) is 35.4 Å². The van der Waals surface area contributed by atoms with Crippen LogP contribution in [0.2, 0.25) is 0 Å². The van der Waals surface area contributed by atoms with Crippen LogP contribution in [0.15, 0.2) is 95.8 Å². The molecule has 3 aromatic heterocycles. The van der Waals surface area contributed by atoms with Gasteiger partial charge in [0.25, 0.3) is 0 Å². The monoisotopic (exact) mass is 687 g/mol. The van der Waals surface area contributed by atoms with Crippen LogP contribution in [0.1, 0.15) is 37.1 Å². The number of nitrogens with zero attached hydrogens (tertiary/aromatic N) is 5. The maximum atomic E-state index is 13.2. The second-order valence-corrected chi connectivity index (χ2v) is 13.2. The molecule has 12 heteroatoms. The Morgan fingerprint density at radius 3 is 1.61 bits per heavy atom. The van der Waals surface area contributed by atoms with E-state index in [0.29, 0.717) is 49.0 Å². The molecular weight excluding hydrogens is 646 g/mol. The van der Waals surface area contributed by atoms with E-state index >= 15 is 0 Å². The Morgan fingerprint density at radius 1 is 0.686 bits per heavy atom. The number of likely N-dealkylation sites (tertiary alicyclic amines) is 2. The van der Waals surface area contributed by atoms with Crippen LogP contribution >= 0.6 is 0 Å². The van der Waals surface area contributed by atoms with Crippen LogP contribution in [0.5, 0.6) is 0 Å². The summed E-state index contributed by atoms with van der Waals surface area (Å²) in [5.74, 6) is 0.500. The number of carbonyl (C=O) groups excluding carboxylic acids is 4. The van der Waals surface area contributed by atoms with Gasteiger partial charge in [-0.05, 0) is 98.5 Å². The molecule has 262 valence electrons. The van der Waals surface area contributed by atoms with Crippen LogP contribution in [-0.4, -0.2) is 72.7 Å². The minimum atomic E-state index is -0.502. The first kappa shape index (κ1) is 33.6. The molecule has 2 unspecified atom stereocenters. The van der Waals surface area contributed by atoms with Gasteiger partial charge in [-0.15, -0.1) is 0 Å². The molecule has 2 aliphatic heterocycles. The smallest absolute Gasteiger partial charge is 0.247 e. The number of oxazole rings is 1. The molecule has 0 spiro atoms. The van der Waals surface area contributed by atoms with Crippen LogP contribution in [0, 0.1) is 0 Å². The number of hydrogen-bond donors (Lipinski definition) is 2. The molecule has 2 aliphatic rings. The van der Waals surface area contributed by atoms with Gasteiger partial charge in [0.15, 0.2) is 5.76 Å². The molecule has 5 aromatic rings. The van der Waals surface area contributed by atoms with Crippen LogP contribution in [0.25, 0.3) is 22.8 Å². The van der Waals surface area contributed by atoms with Gasteiger partial charge in [0.1, 0.15) is 12.1 Å². The van der Waals surface area contributed by atoms with Gasteiger partial charge in [-0.25, -0.2) is 4.98 Å². The summed E-state index contributed by atoms with van der Waals surface area (Å²) < 4.78 is 9.91. The average Bonchev–Trinajstić information content (AvgIpc) is 3.98.